The maximum Gasteiger partial charge on any atom is 0.252 e. The molecule has 1 amide bonds. The van der Waals surface area contributed by atoms with E-state index >= 15 is 0 Å². The summed E-state index contributed by atoms with van der Waals surface area (Å²) in [5, 5.41) is 8.35. The van der Waals surface area contributed by atoms with Gasteiger partial charge in [-0.1, -0.05) is 6.42 Å². The molecule has 0 saturated carbocycles. The number of nitrogens with one attached hydrogen (secondary N) is 1. The van der Waals surface area contributed by atoms with Crippen molar-refractivity contribution in [1.29, 1.82) is 0 Å². The summed E-state index contributed by atoms with van der Waals surface area (Å²) in [6, 6.07) is 2.57. The minimum absolute atomic E-state index is 0.0251. The van der Waals surface area contributed by atoms with Crippen LogP contribution in [0.2, 0.25) is 0 Å². The Morgan fingerprint density at radius 1 is 1.31 bits per heavy atom. The molecule has 0 aliphatic carbocycles. The summed E-state index contributed by atoms with van der Waals surface area (Å²) >= 11 is 0. The van der Waals surface area contributed by atoms with Gasteiger partial charge in [0.05, 0.1) is 16.6 Å². The smallest absolute Gasteiger partial charge is 0.252 e. The van der Waals surface area contributed by atoms with E-state index in [9.17, 15) is 4.79 Å². The average molecular weight is 358 g/mol. The first-order chi connectivity index (χ1) is 12.5. The van der Waals surface area contributed by atoms with Crippen LogP contribution >= 0.6 is 0 Å². The van der Waals surface area contributed by atoms with Crippen LogP contribution in [0.3, 0.4) is 0 Å². The molecule has 1 fully saturated rings. The van der Waals surface area contributed by atoms with E-state index in [2.05, 4.69) is 27.2 Å². The van der Waals surface area contributed by atoms with E-state index < -0.39 is 0 Å². The lowest BCUT2D eigenvalue weighted by molar-refractivity contribution is 0.0953. The van der Waals surface area contributed by atoms with Crippen molar-refractivity contribution in [2.24, 2.45) is 7.05 Å². The van der Waals surface area contributed by atoms with Gasteiger partial charge >= 0.3 is 0 Å². The molecule has 3 rings (SSSR count). The molecular formula is C20H31N5O. The molecule has 0 bridgehead atoms. The van der Waals surface area contributed by atoms with Gasteiger partial charge in [-0.05, 0) is 65.6 Å². The summed E-state index contributed by atoms with van der Waals surface area (Å²) in [4.78, 5) is 19.8. The molecular weight excluding hydrogens is 326 g/mol. The van der Waals surface area contributed by atoms with Gasteiger partial charge in [0.25, 0.3) is 5.91 Å². The summed E-state index contributed by atoms with van der Waals surface area (Å²) in [5.41, 5.74) is 3.14. The molecule has 1 aliphatic rings. The Kier molecular flexibility index (Phi) is 5.91. The first-order valence-electron chi connectivity index (χ1n) is 9.80. The maximum absolute atomic E-state index is 12.7. The zero-order valence-electron chi connectivity index (χ0n) is 16.5. The summed E-state index contributed by atoms with van der Waals surface area (Å²) < 4.78 is 1.74. The summed E-state index contributed by atoms with van der Waals surface area (Å²) in [6.45, 7) is 9.24. The summed E-state index contributed by atoms with van der Waals surface area (Å²) in [5.74, 6) is -0.0251. The second-order valence-corrected chi connectivity index (χ2v) is 7.56. The Labute approximate surface area is 156 Å². The number of unbranched alkanes of at least 4 members (excludes halogenated alkanes) is 1. The van der Waals surface area contributed by atoms with E-state index in [1.54, 1.807) is 4.68 Å². The van der Waals surface area contributed by atoms with Crippen molar-refractivity contribution in [3.05, 3.63) is 23.0 Å². The Bertz CT molecular complexity index is 782. The first kappa shape index (κ1) is 18.8. The van der Waals surface area contributed by atoms with Crippen LogP contribution in [-0.2, 0) is 7.05 Å². The highest BCUT2D eigenvalue weighted by molar-refractivity contribution is 6.06. The van der Waals surface area contributed by atoms with Crippen molar-refractivity contribution in [2.75, 3.05) is 19.6 Å². The highest BCUT2D eigenvalue weighted by Gasteiger charge is 2.18. The topological polar surface area (TPSA) is 63.1 Å². The lowest BCUT2D eigenvalue weighted by Gasteiger charge is -2.33. The SMILES string of the molecule is Cc1cc(C(=O)NCCCCN2CCCCC2C)c2c(C)nn(C)c2n1. The Hall–Kier alpha value is -1.95. The number of aromatic nitrogens is 3. The quantitative estimate of drug-likeness (QED) is 0.808. The Balaban J connectivity index is 1.55. The number of likely N-dealkylation sites (tertiary alicyclic amines) is 1. The maximum atomic E-state index is 12.7. The molecule has 6 heteroatoms. The third kappa shape index (κ3) is 4.06. The number of piperidine rings is 1. The van der Waals surface area contributed by atoms with Gasteiger partial charge in [-0.25, -0.2) is 4.98 Å². The third-order valence-corrected chi connectivity index (χ3v) is 5.44. The van der Waals surface area contributed by atoms with E-state index in [1.165, 1.54) is 25.8 Å². The van der Waals surface area contributed by atoms with Crippen LogP contribution < -0.4 is 5.32 Å². The number of hydrogen-bond acceptors (Lipinski definition) is 4. The number of hydrogen-bond donors (Lipinski definition) is 1. The second kappa shape index (κ2) is 8.16. The van der Waals surface area contributed by atoms with Crippen LogP contribution in [0, 0.1) is 13.8 Å². The number of fused-ring (bicyclic) bond motifs is 1. The number of aryl methyl sites for hydroxylation is 3. The molecule has 2 aromatic rings. The molecule has 2 aromatic heterocycles. The molecule has 1 saturated heterocycles. The zero-order chi connectivity index (χ0) is 18.7. The number of carbonyl (C=O) groups is 1. The van der Waals surface area contributed by atoms with Crippen LogP contribution in [0.5, 0.6) is 0 Å². The fourth-order valence-electron chi connectivity index (χ4n) is 3.98. The number of amides is 1. The predicted molar refractivity (Wildman–Crippen MR) is 104 cm³/mol. The lowest BCUT2D eigenvalue weighted by atomic mass is 10.0. The van der Waals surface area contributed by atoms with E-state index in [0.717, 1.165) is 41.8 Å². The highest BCUT2D eigenvalue weighted by atomic mass is 16.1. The second-order valence-electron chi connectivity index (χ2n) is 7.56. The predicted octanol–water partition coefficient (Wildman–Crippen LogP) is 2.97. The van der Waals surface area contributed by atoms with E-state index in [-0.39, 0.29) is 5.91 Å². The molecule has 0 spiro atoms. The Morgan fingerprint density at radius 2 is 2.12 bits per heavy atom. The molecule has 3 heterocycles. The molecule has 6 nitrogen and oxygen atoms in total. The van der Waals surface area contributed by atoms with E-state index in [4.69, 9.17) is 0 Å². The van der Waals surface area contributed by atoms with Crippen molar-refractivity contribution in [1.82, 2.24) is 25.0 Å². The van der Waals surface area contributed by atoms with Crippen molar-refractivity contribution >= 4 is 16.9 Å². The number of rotatable bonds is 6. The largest absolute Gasteiger partial charge is 0.352 e. The van der Waals surface area contributed by atoms with Crippen molar-refractivity contribution in [3.63, 3.8) is 0 Å². The summed E-state index contributed by atoms with van der Waals surface area (Å²) in [7, 11) is 1.87. The van der Waals surface area contributed by atoms with Gasteiger partial charge in [-0.2, -0.15) is 5.10 Å². The van der Waals surface area contributed by atoms with Gasteiger partial charge in [-0.3, -0.25) is 9.48 Å². The number of nitrogens with zero attached hydrogens (tertiary/aromatic N) is 4. The molecule has 1 N–H and O–H groups in total. The standard InChI is InChI=1S/C20H31N5O/c1-14-13-17(18-16(3)23-24(4)19(18)22-14)20(26)21-10-6-8-12-25-11-7-5-9-15(25)2/h13,15H,5-12H2,1-4H3,(H,21,26). The van der Waals surface area contributed by atoms with Crippen molar-refractivity contribution < 1.29 is 4.79 Å². The van der Waals surface area contributed by atoms with Gasteiger partial charge in [-0.15, -0.1) is 0 Å². The fourth-order valence-corrected chi connectivity index (χ4v) is 3.98. The van der Waals surface area contributed by atoms with E-state index in [1.807, 2.05) is 27.0 Å². The fraction of sp³-hybridized carbons (Fsp3) is 0.650. The molecule has 1 unspecified atom stereocenters. The van der Waals surface area contributed by atoms with Crippen LogP contribution in [0.1, 0.15) is 60.8 Å². The van der Waals surface area contributed by atoms with Crippen LogP contribution in [0.25, 0.3) is 11.0 Å². The highest BCUT2D eigenvalue weighted by Crippen LogP contribution is 2.21. The van der Waals surface area contributed by atoms with Gasteiger partial charge in [0, 0.05) is 25.3 Å². The molecule has 0 radical (unpaired) electrons. The van der Waals surface area contributed by atoms with Crippen LogP contribution in [0.15, 0.2) is 6.07 Å². The van der Waals surface area contributed by atoms with Crippen molar-refractivity contribution in [2.45, 2.75) is 58.9 Å². The van der Waals surface area contributed by atoms with Gasteiger partial charge < -0.3 is 10.2 Å². The van der Waals surface area contributed by atoms with Crippen molar-refractivity contribution in [3.8, 4) is 0 Å². The molecule has 1 atom stereocenters. The van der Waals surface area contributed by atoms with E-state index in [0.29, 0.717) is 18.2 Å². The molecule has 26 heavy (non-hydrogen) atoms. The van der Waals surface area contributed by atoms with Gasteiger partial charge in [0.1, 0.15) is 0 Å². The molecule has 1 aliphatic heterocycles. The molecule has 0 aromatic carbocycles. The van der Waals surface area contributed by atoms with Gasteiger partial charge in [0.15, 0.2) is 5.65 Å². The summed E-state index contributed by atoms with van der Waals surface area (Å²) in [6.07, 6.45) is 6.14. The zero-order valence-corrected chi connectivity index (χ0v) is 16.5. The Morgan fingerprint density at radius 3 is 2.88 bits per heavy atom. The number of carbonyl (C=O) groups excluding carboxylic acids is 1. The van der Waals surface area contributed by atoms with Crippen LogP contribution in [0.4, 0.5) is 0 Å². The van der Waals surface area contributed by atoms with Crippen LogP contribution in [-0.4, -0.2) is 51.2 Å². The minimum atomic E-state index is -0.0251. The third-order valence-electron chi connectivity index (χ3n) is 5.44. The normalized spacial score (nSPS) is 18.4. The number of pyridine rings is 1. The minimum Gasteiger partial charge on any atom is -0.352 e. The average Bonchev–Trinajstić information content (AvgIpc) is 2.89. The van der Waals surface area contributed by atoms with Gasteiger partial charge in [0.2, 0.25) is 0 Å². The first-order valence-corrected chi connectivity index (χ1v) is 9.80. The molecule has 142 valence electrons. The monoisotopic (exact) mass is 357 g/mol. The lowest BCUT2D eigenvalue weighted by Crippen LogP contribution is -2.38.